The number of hydrogen-bond acceptors (Lipinski definition) is 9. The van der Waals surface area contributed by atoms with Crippen molar-refractivity contribution in [2.45, 2.75) is 0 Å². The molecule has 0 aliphatic heterocycles. The quantitative estimate of drug-likeness (QED) is 0.254. The maximum Gasteiger partial charge on any atom is 0.313 e. The van der Waals surface area contributed by atoms with E-state index in [-0.39, 0.29) is 34.4 Å². The van der Waals surface area contributed by atoms with Crippen LogP contribution in [-0.4, -0.2) is 35.6 Å². The normalized spacial score (nSPS) is 10.5. The van der Waals surface area contributed by atoms with Crippen molar-refractivity contribution >= 4 is 17.2 Å². The van der Waals surface area contributed by atoms with Gasteiger partial charge in [-0.25, -0.2) is 19.9 Å². The summed E-state index contributed by atoms with van der Waals surface area (Å²) in [5.74, 6) is -1.58. The minimum atomic E-state index is -0.829. The molecule has 0 N–H and O–H groups in total. The van der Waals surface area contributed by atoms with Gasteiger partial charge in [-0.2, -0.15) is 0 Å². The lowest BCUT2D eigenvalue weighted by molar-refractivity contribution is -0.384. The van der Waals surface area contributed by atoms with Gasteiger partial charge >= 0.3 is 11.4 Å². The van der Waals surface area contributed by atoms with Crippen LogP contribution < -0.4 is 0 Å². The maximum atomic E-state index is 13.0. The molecule has 0 unspecified atom stereocenters. The Morgan fingerprint density at radius 1 is 0.656 bits per heavy atom. The van der Waals surface area contributed by atoms with Crippen LogP contribution in [0.15, 0.2) is 73.1 Å². The standard InChI is InChI=1S/C21H12N6O5/c28-19(20-22-11-15(26(29)30)17(24-20)13-7-3-1-4-8-13)21-23-12-16(27(31)32)18(25-21)14-9-5-2-6-10-14/h1-12H. The Hall–Kier alpha value is -4.93. The predicted molar refractivity (Wildman–Crippen MR) is 112 cm³/mol. The summed E-state index contributed by atoms with van der Waals surface area (Å²) in [6.45, 7) is 0. The van der Waals surface area contributed by atoms with E-state index in [1.54, 1.807) is 60.7 Å². The van der Waals surface area contributed by atoms with Crippen LogP contribution in [0.2, 0.25) is 0 Å². The van der Waals surface area contributed by atoms with E-state index in [1.807, 2.05) is 0 Å². The molecule has 2 heterocycles. The summed E-state index contributed by atoms with van der Waals surface area (Å²) in [7, 11) is 0. The molecule has 0 fully saturated rings. The van der Waals surface area contributed by atoms with Crippen LogP contribution in [0, 0.1) is 20.2 Å². The van der Waals surface area contributed by atoms with Gasteiger partial charge in [0.15, 0.2) is 11.4 Å². The van der Waals surface area contributed by atoms with Gasteiger partial charge in [0.25, 0.3) is 5.78 Å². The first kappa shape index (κ1) is 20.3. The second-order valence-corrected chi connectivity index (χ2v) is 6.43. The number of nitrogens with zero attached hydrogens (tertiary/aromatic N) is 6. The Labute approximate surface area is 179 Å². The lowest BCUT2D eigenvalue weighted by atomic mass is 10.1. The lowest BCUT2D eigenvalue weighted by Crippen LogP contribution is -2.13. The first-order valence-electron chi connectivity index (χ1n) is 9.14. The van der Waals surface area contributed by atoms with Crippen molar-refractivity contribution in [3.05, 3.63) is 105 Å². The molecule has 32 heavy (non-hydrogen) atoms. The van der Waals surface area contributed by atoms with Gasteiger partial charge in [-0.3, -0.25) is 25.0 Å². The van der Waals surface area contributed by atoms with E-state index in [0.717, 1.165) is 12.4 Å². The highest BCUT2D eigenvalue weighted by atomic mass is 16.6. The minimum absolute atomic E-state index is 0.0425. The molecule has 0 spiro atoms. The number of aromatic nitrogens is 4. The molecule has 156 valence electrons. The Balaban J connectivity index is 1.82. The van der Waals surface area contributed by atoms with Crippen LogP contribution in [0.25, 0.3) is 22.5 Å². The van der Waals surface area contributed by atoms with Crippen molar-refractivity contribution in [3.8, 4) is 22.5 Å². The Bertz CT molecular complexity index is 1240. The molecule has 0 saturated heterocycles. The molecule has 2 aromatic carbocycles. The number of carbonyl (C=O) groups is 1. The second-order valence-electron chi connectivity index (χ2n) is 6.43. The number of rotatable bonds is 6. The van der Waals surface area contributed by atoms with Gasteiger partial charge in [0.2, 0.25) is 11.6 Å². The maximum absolute atomic E-state index is 13.0. The second kappa shape index (κ2) is 8.44. The van der Waals surface area contributed by atoms with E-state index in [0.29, 0.717) is 11.1 Å². The fourth-order valence-corrected chi connectivity index (χ4v) is 2.95. The van der Waals surface area contributed by atoms with Crippen LogP contribution in [0.3, 0.4) is 0 Å². The number of nitro groups is 2. The minimum Gasteiger partial charge on any atom is -0.281 e. The molecule has 0 bridgehead atoms. The Kier molecular flexibility index (Phi) is 5.36. The van der Waals surface area contributed by atoms with Gasteiger partial charge in [-0.05, 0) is 0 Å². The number of ketones is 1. The van der Waals surface area contributed by atoms with Gasteiger partial charge in [0.1, 0.15) is 12.4 Å². The van der Waals surface area contributed by atoms with Gasteiger partial charge in [0, 0.05) is 11.1 Å². The average Bonchev–Trinajstić information content (AvgIpc) is 2.83. The molecule has 0 aliphatic carbocycles. The molecule has 0 radical (unpaired) electrons. The zero-order chi connectivity index (χ0) is 22.7. The van der Waals surface area contributed by atoms with Crippen LogP contribution in [0.1, 0.15) is 16.4 Å². The molecule has 0 amide bonds. The van der Waals surface area contributed by atoms with Crippen LogP contribution >= 0.6 is 0 Å². The highest BCUT2D eigenvalue weighted by molar-refractivity contribution is 6.04. The Morgan fingerprint density at radius 3 is 1.38 bits per heavy atom. The molecule has 0 aliphatic rings. The summed E-state index contributed by atoms with van der Waals surface area (Å²) >= 11 is 0. The van der Waals surface area contributed by atoms with Gasteiger partial charge < -0.3 is 0 Å². The third kappa shape index (κ3) is 3.89. The highest BCUT2D eigenvalue weighted by Gasteiger charge is 2.26. The van der Waals surface area contributed by atoms with Crippen molar-refractivity contribution in [1.82, 2.24) is 19.9 Å². The number of hydrogen-bond donors (Lipinski definition) is 0. The van der Waals surface area contributed by atoms with E-state index < -0.39 is 15.6 Å². The zero-order valence-corrected chi connectivity index (χ0v) is 16.2. The Morgan fingerprint density at radius 2 is 1.03 bits per heavy atom. The number of benzene rings is 2. The summed E-state index contributed by atoms with van der Waals surface area (Å²) in [5, 5.41) is 22.8. The van der Waals surface area contributed by atoms with Crippen molar-refractivity contribution in [2.24, 2.45) is 0 Å². The van der Waals surface area contributed by atoms with Crippen LogP contribution in [-0.2, 0) is 0 Å². The molecule has 4 aromatic rings. The molecular weight excluding hydrogens is 416 g/mol. The molecule has 0 saturated carbocycles. The van der Waals surface area contributed by atoms with E-state index in [2.05, 4.69) is 19.9 Å². The molecule has 0 atom stereocenters. The average molecular weight is 428 g/mol. The van der Waals surface area contributed by atoms with Crippen molar-refractivity contribution in [3.63, 3.8) is 0 Å². The highest BCUT2D eigenvalue weighted by Crippen LogP contribution is 2.29. The third-order valence-corrected chi connectivity index (χ3v) is 4.43. The fourth-order valence-electron chi connectivity index (χ4n) is 2.95. The SMILES string of the molecule is O=C(c1ncc([N+](=O)[O-])c(-c2ccccc2)n1)c1ncc([N+](=O)[O-])c(-c2ccccc2)n1. The summed E-state index contributed by atoms with van der Waals surface area (Å²) in [5.41, 5.74) is 0.0125. The van der Waals surface area contributed by atoms with Crippen LogP contribution in [0.5, 0.6) is 0 Å². The summed E-state index contributed by atoms with van der Waals surface area (Å²) in [6, 6.07) is 16.6. The zero-order valence-electron chi connectivity index (χ0n) is 16.2. The van der Waals surface area contributed by atoms with Crippen molar-refractivity contribution < 1.29 is 14.6 Å². The molecule has 4 rings (SSSR count). The largest absolute Gasteiger partial charge is 0.313 e. The summed E-state index contributed by atoms with van der Waals surface area (Å²) < 4.78 is 0. The third-order valence-electron chi connectivity index (χ3n) is 4.43. The topological polar surface area (TPSA) is 155 Å². The first-order valence-corrected chi connectivity index (χ1v) is 9.14. The monoisotopic (exact) mass is 428 g/mol. The molecule has 11 heteroatoms. The molecule has 2 aromatic heterocycles. The predicted octanol–water partition coefficient (Wildman–Crippen LogP) is 3.65. The smallest absolute Gasteiger partial charge is 0.281 e. The van der Waals surface area contributed by atoms with E-state index in [9.17, 15) is 25.0 Å². The van der Waals surface area contributed by atoms with E-state index in [1.165, 1.54) is 0 Å². The first-order chi connectivity index (χ1) is 15.5. The van der Waals surface area contributed by atoms with Gasteiger partial charge in [-0.1, -0.05) is 60.7 Å². The fraction of sp³-hybridized carbons (Fsp3) is 0. The van der Waals surface area contributed by atoms with Gasteiger partial charge in [0.05, 0.1) is 9.85 Å². The summed E-state index contributed by atoms with van der Waals surface area (Å²) in [6.07, 6.45) is 1.87. The molecule has 11 nitrogen and oxygen atoms in total. The summed E-state index contributed by atoms with van der Waals surface area (Å²) in [4.78, 5) is 50.3. The van der Waals surface area contributed by atoms with Crippen molar-refractivity contribution in [1.29, 1.82) is 0 Å². The lowest BCUT2D eigenvalue weighted by Gasteiger charge is -2.06. The van der Waals surface area contributed by atoms with Crippen molar-refractivity contribution in [2.75, 3.05) is 0 Å². The molecular formula is C21H12N6O5. The van der Waals surface area contributed by atoms with Gasteiger partial charge in [-0.15, -0.1) is 0 Å². The van der Waals surface area contributed by atoms with E-state index >= 15 is 0 Å². The number of carbonyl (C=O) groups excluding carboxylic acids is 1. The van der Waals surface area contributed by atoms with Crippen LogP contribution in [0.4, 0.5) is 11.4 Å². The van der Waals surface area contributed by atoms with E-state index in [4.69, 9.17) is 0 Å².